The van der Waals surface area contributed by atoms with Gasteiger partial charge in [0.2, 0.25) is 5.91 Å². The molecule has 0 aromatic heterocycles. The number of carbonyl (C=O) groups is 3. The van der Waals surface area contributed by atoms with E-state index in [0.29, 0.717) is 16.8 Å². The highest BCUT2D eigenvalue weighted by Crippen LogP contribution is 2.27. The Balaban J connectivity index is 1.59. The van der Waals surface area contributed by atoms with Gasteiger partial charge in [-0.1, -0.05) is 30.3 Å². The van der Waals surface area contributed by atoms with Crippen LogP contribution < -0.4 is 4.90 Å². The molecule has 2 saturated heterocycles. The van der Waals surface area contributed by atoms with Gasteiger partial charge in [0.1, 0.15) is 0 Å². The Labute approximate surface area is 157 Å². The molecule has 0 saturated carbocycles. The fourth-order valence-corrected chi connectivity index (χ4v) is 3.59. The summed E-state index contributed by atoms with van der Waals surface area (Å²) in [7, 11) is 0. The lowest BCUT2D eigenvalue weighted by Gasteiger charge is -2.15. The molecule has 0 aliphatic carbocycles. The van der Waals surface area contributed by atoms with Crippen LogP contribution in [0.5, 0.6) is 0 Å². The molecular weight excluding hydrogens is 340 g/mol. The standard InChI is InChI=1S/C22H20N2O3/c25-20-15-18(22(27)24(20)19-9-2-1-3-10-19)14-16-7-6-8-17(13-16)21(26)23-11-4-5-12-23/h1-3,6-10,13-14H,4-5,11-12,15H2/b18-14+. The molecule has 2 aliphatic heterocycles. The van der Waals surface area contributed by atoms with Crippen molar-refractivity contribution in [3.63, 3.8) is 0 Å². The maximum Gasteiger partial charge on any atom is 0.261 e. The minimum absolute atomic E-state index is 0.0208. The van der Waals surface area contributed by atoms with E-state index in [0.717, 1.165) is 31.5 Å². The third kappa shape index (κ3) is 3.40. The number of hydrogen-bond donors (Lipinski definition) is 0. The molecule has 3 amide bonds. The molecule has 2 fully saturated rings. The Morgan fingerprint density at radius 3 is 2.41 bits per heavy atom. The number of likely N-dealkylation sites (tertiary alicyclic amines) is 1. The van der Waals surface area contributed by atoms with E-state index in [2.05, 4.69) is 0 Å². The Hall–Kier alpha value is -3.21. The van der Waals surface area contributed by atoms with Crippen molar-refractivity contribution in [1.82, 2.24) is 4.90 Å². The predicted molar refractivity (Wildman–Crippen MR) is 103 cm³/mol. The average Bonchev–Trinajstić information content (AvgIpc) is 3.31. The molecule has 4 rings (SSSR count). The molecule has 2 aromatic rings. The lowest BCUT2D eigenvalue weighted by atomic mass is 10.1. The Morgan fingerprint density at radius 1 is 0.926 bits per heavy atom. The Bertz CT molecular complexity index is 928. The van der Waals surface area contributed by atoms with E-state index in [9.17, 15) is 14.4 Å². The predicted octanol–water partition coefficient (Wildman–Crippen LogP) is 3.27. The van der Waals surface area contributed by atoms with E-state index >= 15 is 0 Å². The third-order valence-electron chi connectivity index (χ3n) is 4.95. The molecule has 0 atom stereocenters. The van der Waals surface area contributed by atoms with Crippen LogP contribution in [-0.2, 0) is 9.59 Å². The SMILES string of the molecule is O=C(c1cccc(/C=C2\CC(=O)N(c3ccccc3)C2=O)c1)N1CCCC1. The number of nitrogens with zero attached hydrogens (tertiary/aromatic N) is 2. The van der Waals surface area contributed by atoms with Gasteiger partial charge < -0.3 is 4.90 Å². The van der Waals surface area contributed by atoms with Gasteiger partial charge in [-0.05, 0) is 48.7 Å². The van der Waals surface area contributed by atoms with E-state index in [1.165, 1.54) is 4.90 Å². The van der Waals surface area contributed by atoms with Crippen molar-refractivity contribution in [2.45, 2.75) is 19.3 Å². The summed E-state index contributed by atoms with van der Waals surface area (Å²) in [5.74, 6) is -0.517. The van der Waals surface area contributed by atoms with E-state index in [1.54, 1.807) is 42.5 Å². The van der Waals surface area contributed by atoms with Gasteiger partial charge in [0.15, 0.2) is 0 Å². The highest BCUT2D eigenvalue weighted by atomic mass is 16.2. The minimum atomic E-state index is -0.303. The van der Waals surface area contributed by atoms with Crippen LogP contribution in [0.1, 0.15) is 35.2 Å². The number of amides is 3. The highest BCUT2D eigenvalue weighted by Gasteiger charge is 2.34. The van der Waals surface area contributed by atoms with Gasteiger partial charge in [-0.25, -0.2) is 4.90 Å². The van der Waals surface area contributed by atoms with Crippen LogP contribution >= 0.6 is 0 Å². The third-order valence-corrected chi connectivity index (χ3v) is 4.95. The largest absolute Gasteiger partial charge is 0.339 e. The van der Waals surface area contributed by atoms with Crippen molar-refractivity contribution < 1.29 is 14.4 Å². The maximum atomic E-state index is 12.7. The zero-order valence-corrected chi connectivity index (χ0v) is 14.9. The molecule has 0 N–H and O–H groups in total. The van der Waals surface area contributed by atoms with Crippen LogP contribution in [-0.4, -0.2) is 35.7 Å². The number of hydrogen-bond acceptors (Lipinski definition) is 3. The van der Waals surface area contributed by atoms with Gasteiger partial charge in [-0.15, -0.1) is 0 Å². The number of rotatable bonds is 3. The number of para-hydroxylation sites is 1. The number of imide groups is 1. The van der Waals surface area contributed by atoms with E-state index < -0.39 is 0 Å². The van der Waals surface area contributed by atoms with Crippen molar-refractivity contribution in [2.24, 2.45) is 0 Å². The van der Waals surface area contributed by atoms with Gasteiger partial charge in [-0.3, -0.25) is 14.4 Å². The van der Waals surface area contributed by atoms with Crippen LogP contribution in [0.4, 0.5) is 5.69 Å². The van der Waals surface area contributed by atoms with Crippen LogP contribution in [0.3, 0.4) is 0 Å². The molecule has 2 aromatic carbocycles. The van der Waals surface area contributed by atoms with Gasteiger partial charge in [-0.2, -0.15) is 0 Å². The van der Waals surface area contributed by atoms with Crippen LogP contribution in [0.25, 0.3) is 6.08 Å². The fourth-order valence-electron chi connectivity index (χ4n) is 3.59. The second-order valence-corrected chi connectivity index (χ2v) is 6.84. The fraction of sp³-hybridized carbons (Fsp3) is 0.227. The minimum Gasteiger partial charge on any atom is -0.339 e. The normalized spacial score (nSPS) is 18.6. The smallest absolute Gasteiger partial charge is 0.261 e. The topological polar surface area (TPSA) is 57.7 Å². The summed E-state index contributed by atoms with van der Waals surface area (Å²) in [5, 5.41) is 0. The van der Waals surface area contributed by atoms with Gasteiger partial charge >= 0.3 is 0 Å². The molecule has 136 valence electrons. The Morgan fingerprint density at radius 2 is 1.67 bits per heavy atom. The van der Waals surface area contributed by atoms with Crippen LogP contribution in [0.2, 0.25) is 0 Å². The van der Waals surface area contributed by atoms with Crippen molar-refractivity contribution in [3.05, 3.63) is 71.3 Å². The zero-order chi connectivity index (χ0) is 18.8. The second kappa shape index (κ2) is 7.19. The molecule has 0 bridgehead atoms. The monoisotopic (exact) mass is 360 g/mol. The lowest BCUT2D eigenvalue weighted by Crippen LogP contribution is -2.28. The number of carbonyl (C=O) groups excluding carboxylic acids is 3. The molecule has 27 heavy (non-hydrogen) atoms. The summed E-state index contributed by atoms with van der Waals surface area (Å²) in [6.07, 6.45) is 3.87. The van der Waals surface area contributed by atoms with Gasteiger partial charge in [0.05, 0.1) is 12.1 Å². The average molecular weight is 360 g/mol. The molecule has 5 nitrogen and oxygen atoms in total. The summed E-state index contributed by atoms with van der Waals surface area (Å²) in [6.45, 7) is 1.59. The van der Waals surface area contributed by atoms with Crippen molar-refractivity contribution in [2.75, 3.05) is 18.0 Å². The first-order valence-electron chi connectivity index (χ1n) is 9.16. The van der Waals surface area contributed by atoms with Crippen LogP contribution in [0, 0.1) is 0 Å². The zero-order valence-electron chi connectivity index (χ0n) is 14.9. The van der Waals surface area contributed by atoms with Crippen molar-refractivity contribution >= 4 is 29.5 Å². The first-order valence-corrected chi connectivity index (χ1v) is 9.16. The van der Waals surface area contributed by atoms with E-state index in [1.807, 2.05) is 23.1 Å². The molecule has 5 heteroatoms. The molecule has 2 heterocycles. The van der Waals surface area contributed by atoms with E-state index in [4.69, 9.17) is 0 Å². The molecule has 0 radical (unpaired) electrons. The molecule has 2 aliphatic rings. The quantitative estimate of drug-likeness (QED) is 0.623. The first-order chi connectivity index (χ1) is 13.1. The van der Waals surface area contributed by atoms with Gasteiger partial charge in [0.25, 0.3) is 11.8 Å². The second-order valence-electron chi connectivity index (χ2n) is 6.84. The number of anilines is 1. The lowest BCUT2D eigenvalue weighted by molar-refractivity contribution is -0.120. The summed E-state index contributed by atoms with van der Waals surface area (Å²) < 4.78 is 0. The van der Waals surface area contributed by atoms with E-state index in [-0.39, 0.29) is 24.1 Å². The summed E-state index contributed by atoms with van der Waals surface area (Å²) >= 11 is 0. The summed E-state index contributed by atoms with van der Waals surface area (Å²) in [5.41, 5.74) is 2.39. The van der Waals surface area contributed by atoms with Gasteiger partial charge in [0, 0.05) is 24.2 Å². The van der Waals surface area contributed by atoms with Crippen LogP contribution in [0.15, 0.2) is 60.2 Å². The Kier molecular flexibility index (Phi) is 4.59. The highest BCUT2D eigenvalue weighted by molar-refractivity contribution is 6.29. The molecule has 0 unspecified atom stereocenters. The first kappa shape index (κ1) is 17.2. The number of benzene rings is 2. The summed E-state index contributed by atoms with van der Waals surface area (Å²) in [6, 6.07) is 16.2. The molecule has 0 spiro atoms. The van der Waals surface area contributed by atoms with Crippen molar-refractivity contribution in [3.8, 4) is 0 Å². The summed E-state index contributed by atoms with van der Waals surface area (Å²) in [4.78, 5) is 40.7. The molecular formula is C22H20N2O3. The van der Waals surface area contributed by atoms with Crippen molar-refractivity contribution in [1.29, 1.82) is 0 Å². The maximum absolute atomic E-state index is 12.7.